The lowest BCUT2D eigenvalue weighted by molar-refractivity contribution is -0.117. The highest BCUT2D eigenvalue weighted by Gasteiger charge is 2.44. The van der Waals surface area contributed by atoms with E-state index in [-0.39, 0.29) is 11.7 Å². The molecule has 1 aromatic carbocycles. The van der Waals surface area contributed by atoms with Crippen molar-refractivity contribution in [3.8, 4) is 0 Å². The molecule has 3 rings (SSSR count). The van der Waals surface area contributed by atoms with Gasteiger partial charge in [0.15, 0.2) is 5.78 Å². The maximum absolute atomic E-state index is 13.7. The molecule has 2 aliphatic rings. The van der Waals surface area contributed by atoms with Crippen molar-refractivity contribution in [2.75, 3.05) is 6.61 Å². The fraction of sp³-hybridized carbons (Fsp3) is 0.312. The smallest absolute Gasteiger partial charge is 0.156 e. The van der Waals surface area contributed by atoms with Gasteiger partial charge in [-0.3, -0.25) is 4.79 Å². The van der Waals surface area contributed by atoms with E-state index in [2.05, 4.69) is 0 Å². The lowest BCUT2D eigenvalue weighted by Gasteiger charge is -2.29. The predicted octanol–water partition coefficient (Wildman–Crippen LogP) is 3.28. The minimum absolute atomic E-state index is 0.0449. The first-order valence-electron chi connectivity index (χ1n) is 6.49. The molecule has 0 aromatic heterocycles. The lowest BCUT2D eigenvalue weighted by Crippen LogP contribution is -2.34. The summed E-state index contributed by atoms with van der Waals surface area (Å²) in [6.45, 7) is 2.28. The molecular formula is C16H14F2O2. The van der Waals surface area contributed by atoms with Crippen LogP contribution in [0, 0.1) is 17.6 Å². The van der Waals surface area contributed by atoms with Crippen LogP contribution in [0.3, 0.4) is 0 Å². The topological polar surface area (TPSA) is 26.3 Å². The highest BCUT2D eigenvalue weighted by atomic mass is 19.1. The second-order valence-electron chi connectivity index (χ2n) is 5.41. The van der Waals surface area contributed by atoms with Crippen LogP contribution in [0.1, 0.15) is 18.9 Å². The Morgan fingerprint density at radius 1 is 1.40 bits per heavy atom. The Balaban J connectivity index is 1.97. The van der Waals surface area contributed by atoms with Crippen LogP contribution in [0.25, 0.3) is 6.08 Å². The molecule has 0 unspecified atom stereocenters. The van der Waals surface area contributed by atoms with Crippen molar-refractivity contribution in [2.45, 2.75) is 18.9 Å². The summed E-state index contributed by atoms with van der Waals surface area (Å²) in [4.78, 5) is 11.6. The van der Waals surface area contributed by atoms with E-state index in [1.54, 1.807) is 12.2 Å². The monoisotopic (exact) mass is 276 g/mol. The third kappa shape index (κ3) is 2.20. The molecule has 0 bridgehead atoms. The van der Waals surface area contributed by atoms with E-state index in [1.165, 1.54) is 18.2 Å². The van der Waals surface area contributed by atoms with Crippen LogP contribution in [-0.2, 0) is 9.53 Å². The van der Waals surface area contributed by atoms with E-state index in [1.807, 2.05) is 6.92 Å². The molecule has 0 saturated carbocycles. The van der Waals surface area contributed by atoms with E-state index in [0.29, 0.717) is 18.6 Å². The Bertz CT molecular complexity index is 633. The molecule has 1 aromatic rings. The number of ether oxygens (including phenoxy) is 1. The molecule has 0 N–H and O–H groups in total. The average Bonchev–Trinajstić information content (AvgIpc) is 2.71. The Morgan fingerprint density at radius 3 is 2.95 bits per heavy atom. The molecule has 1 aliphatic heterocycles. The van der Waals surface area contributed by atoms with Gasteiger partial charge in [-0.25, -0.2) is 8.78 Å². The van der Waals surface area contributed by atoms with Crippen molar-refractivity contribution in [2.24, 2.45) is 5.92 Å². The van der Waals surface area contributed by atoms with E-state index < -0.39 is 17.2 Å². The molecule has 0 amide bonds. The molecular weight excluding hydrogens is 262 g/mol. The van der Waals surface area contributed by atoms with Crippen molar-refractivity contribution in [3.63, 3.8) is 0 Å². The number of halogens is 2. The summed E-state index contributed by atoms with van der Waals surface area (Å²) in [7, 11) is 0. The van der Waals surface area contributed by atoms with Crippen LogP contribution in [0.2, 0.25) is 0 Å². The zero-order chi connectivity index (χ0) is 14.3. The van der Waals surface area contributed by atoms with Crippen molar-refractivity contribution in [1.82, 2.24) is 0 Å². The second-order valence-corrected chi connectivity index (χ2v) is 5.41. The van der Waals surface area contributed by atoms with E-state index in [0.717, 1.165) is 11.6 Å². The van der Waals surface area contributed by atoms with Gasteiger partial charge in [0.05, 0.1) is 12.2 Å². The quantitative estimate of drug-likeness (QED) is 0.786. The van der Waals surface area contributed by atoms with Gasteiger partial charge in [0.2, 0.25) is 0 Å². The van der Waals surface area contributed by atoms with Gasteiger partial charge in [0.25, 0.3) is 0 Å². The first kappa shape index (κ1) is 13.2. The molecule has 104 valence electrons. The molecule has 1 aliphatic carbocycles. The SMILES string of the molecule is C[C@@]12C=CC(=O)C[C@@H]1/C(=C\c1ccc(F)cc1F)CO2. The Morgan fingerprint density at radius 2 is 2.20 bits per heavy atom. The zero-order valence-electron chi connectivity index (χ0n) is 11.0. The number of benzene rings is 1. The first-order chi connectivity index (χ1) is 9.48. The molecule has 0 radical (unpaired) electrons. The van der Waals surface area contributed by atoms with Crippen molar-refractivity contribution < 1.29 is 18.3 Å². The second kappa shape index (κ2) is 4.63. The number of fused-ring (bicyclic) bond motifs is 1. The van der Waals surface area contributed by atoms with Gasteiger partial charge in [-0.15, -0.1) is 0 Å². The largest absolute Gasteiger partial charge is 0.366 e. The summed E-state index contributed by atoms with van der Waals surface area (Å²) in [5.41, 5.74) is 0.683. The number of carbonyl (C=O) groups is 1. The third-order valence-corrected chi connectivity index (χ3v) is 4.00. The van der Waals surface area contributed by atoms with Gasteiger partial charge in [-0.2, -0.15) is 0 Å². The van der Waals surface area contributed by atoms with E-state index >= 15 is 0 Å². The van der Waals surface area contributed by atoms with Crippen molar-refractivity contribution >= 4 is 11.9 Å². The van der Waals surface area contributed by atoms with Crippen LogP contribution < -0.4 is 0 Å². The number of hydrogen-bond acceptors (Lipinski definition) is 2. The van der Waals surface area contributed by atoms with Gasteiger partial charge in [0, 0.05) is 24.0 Å². The van der Waals surface area contributed by atoms with E-state index in [9.17, 15) is 13.6 Å². The van der Waals surface area contributed by atoms with Crippen LogP contribution in [0.4, 0.5) is 8.78 Å². The zero-order valence-corrected chi connectivity index (χ0v) is 11.0. The third-order valence-electron chi connectivity index (χ3n) is 4.00. The first-order valence-corrected chi connectivity index (χ1v) is 6.49. The fourth-order valence-electron chi connectivity index (χ4n) is 2.79. The summed E-state index contributed by atoms with van der Waals surface area (Å²) in [5.74, 6) is -1.25. The lowest BCUT2D eigenvalue weighted by atomic mass is 9.78. The maximum atomic E-state index is 13.7. The highest BCUT2D eigenvalue weighted by molar-refractivity contribution is 5.91. The van der Waals surface area contributed by atoms with Gasteiger partial charge < -0.3 is 4.74 Å². The summed E-state index contributed by atoms with van der Waals surface area (Å²) in [6, 6.07) is 3.47. The molecule has 1 heterocycles. The van der Waals surface area contributed by atoms with Gasteiger partial charge in [0.1, 0.15) is 11.6 Å². The number of allylic oxidation sites excluding steroid dienone is 1. The Hall–Kier alpha value is -1.81. The predicted molar refractivity (Wildman–Crippen MR) is 70.9 cm³/mol. The van der Waals surface area contributed by atoms with Crippen LogP contribution in [0.15, 0.2) is 35.9 Å². The molecule has 20 heavy (non-hydrogen) atoms. The van der Waals surface area contributed by atoms with E-state index in [4.69, 9.17) is 4.74 Å². The molecule has 2 atom stereocenters. The standard InChI is InChI=1S/C16H14F2O2/c1-16-5-4-13(19)8-14(16)11(9-20-16)6-10-2-3-12(17)7-15(10)18/h2-7,14H,8-9H2,1H3/b11-6-/t14-,16-/m1/s1. The number of carbonyl (C=O) groups excluding carboxylic acids is 1. The molecule has 1 fully saturated rings. The summed E-state index contributed by atoms with van der Waals surface area (Å²) in [6.07, 6.45) is 5.34. The molecule has 0 spiro atoms. The van der Waals surface area contributed by atoms with Crippen LogP contribution >= 0.6 is 0 Å². The number of rotatable bonds is 1. The highest BCUT2D eigenvalue weighted by Crippen LogP contribution is 2.42. The number of hydrogen-bond donors (Lipinski definition) is 0. The summed E-state index contributed by atoms with van der Waals surface area (Å²) >= 11 is 0. The Kier molecular flexibility index (Phi) is 3.05. The Labute approximate surface area is 115 Å². The average molecular weight is 276 g/mol. The van der Waals surface area contributed by atoms with Crippen LogP contribution in [-0.4, -0.2) is 18.0 Å². The molecule has 2 nitrogen and oxygen atoms in total. The number of ketones is 1. The van der Waals surface area contributed by atoms with Gasteiger partial charge in [-0.05, 0) is 36.8 Å². The fourth-order valence-corrected chi connectivity index (χ4v) is 2.79. The van der Waals surface area contributed by atoms with Crippen molar-refractivity contribution in [3.05, 3.63) is 53.1 Å². The van der Waals surface area contributed by atoms with Gasteiger partial charge in [-0.1, -0.05) is 6.08 Å². The minimum Gasteiger partial charge on any atom is -0.366 e. The maximum Gasteiger partial charge on any atom is 0.156 e. The summed E-state index contributed by atoms with van der Waals surface area (Å²) < 4.78 is 32.3. The molecule has 4 heteroatoms. The molecule has 1 saturated heterocycles. The van der Waals surface area contributed by atoms with Crippen molar-refractivity contribution in [1.29, 1.82) is 0 Å². The van der Waals surface area contributed by atoms with Gasteiger partial charge >= 0.3 is 0 Å². The minimum atomic E-state index is -0.608. The normalized spacial score (nSPS) is 30.9. The summed E-state index contributed by atoms with van der Waals surface area (Å²) in [5, 5.41) is 0. The van der Waals surface area contributed by atoms with Crippen LogP contribution in [0.5, 0.6) is 0 Å².